The van der Waals surface area contributed by atoms with Gasteiger partial charge in [0.25, 0.3) is 5.91 Å². The number of fused-ring (bicyclic) bond motifs is 1. The Kier molecular flexibility index (Phi) is 3.94. The molecule has 2 amide bonds. The maximum Gasteiger partial charge on any atom is 0.271 e. The summed E-state index contributed by atoms with van der Waals surface area (Å²) in [5, 5.41) is 4.17. The van der Waals surface area contributed by atoms with Crippen molar-refractivity contribution < 1.29 is 9.59 Å². The van der Waals surface area contributed by atoms with Crippen LogP contribution in [0.3, 0.4) is 0 Å². The Morgan fingerprint density at radius 1 is 1.09 bits per heavy atom. The van der Waals surface area contributed by atoms with Crippen molar-refractivity contribution in [2.75, 3.05) is 0 Å². The Bertz CT molecular complexity index is 954. The number of aromatic nitrogens is 1. The van der Waals surface area contributed by atoms with E-state index in [9.17, 15) is 9.59 Å². The highest BCUT2D eigenvalue weighted by molar-refractivity contribution is 7.16. The number of nitrogens with zero attached hydrogens (tertiary/aromatic N) is 2. The van der Waals surface area contributed by atoms with E-state index in [1.807, 2.05) is 35.9 Å². The first-order chi connectivity index (χ1) is 11.1. The Morgan fingerprint density at radius 2 is 1.74 bits per heavy atom. The molecule has 3 rings (SSSR count). The second-order valence-electron chi connectivity index (χ2n) is 4.91. The topological polar surface area (TPSA) is 89.5 Å². The normalized spacial score (nSPS) is 11.6. The van der Waals surface area contributed by atoms with E-state index in [1.54, 1.807) is 0 Å². The fraction of sp³-hybridized carbons (Fsp3) is 0.0625. The number of thiazole rings is 1. The molecule has 6 nitrogen and oxygen atoms in total. The second-order valence-corrected chi connectivity index (χ2v) is 5.91. The number of hydrogen-bond acceptors (Lipinski definition) is 4. The molecule has 0 fully saturated rings. The quantitative estimate of drug-likeness (QED) is 0.716. The zero-order chi connectivity index (χ0) is 16.4. The van der Waals surface area contributed by atoms with Crippen LogP contribution in [-0.4, -0.2) is 16.4 Å². The van der Waals surface area contributed by atoms with Gasteiger partial charge < -0.3 is 10.3 Å². The molecule has 1 heterocycles. The summed E-state index contributed by atoms with van der Waals surface area (Å²) in [6.07, 6.45) is 0. The van der Waals surface area contributed by atoms with Gasteiger partial charge in [-0.25, -0.2) is 5.43 Å². The van der Waals surface area contributed by atoms with Gasteiger partial charge in [0.1, 0.15) is 0 Å². The summed E-state index contributed by atoms with van der Waals surface area (Å²) in [6, 6.07) is 14.0. The van der Waals surface area contributed by atoms with E-state index in [2.05, 4.69) is 10.5 Å². The van der Waals surface area contributed by atoms with Gasteiger partial charge in [0.15, 0.2) is 0 Å². The van der Waals surface area contributed by atoms with E-state index in [0.29, 0.717) is 15.9 Å². The first kappa shape index (κ1) is 15.0. The highest BCUT2D eigenvalue weighted by Crippen LogP contribution is 2.14. The average Bonchev–Trinajstić information content (AvgIpc) is 2.89. The van der Waals surface area contributed by atoms with Crippen molar-refractivity contribution in [1.29, 1.82) is 0 Å². The summed E-state index contributed by atoms with van der Waals surface area (Å²) in [5.41, 5.74) is 9.51. The van der Waals surface area contributed by atoms with Gasteiger partial charge in [-0.2, -0.15) is 0 Å². The number of carbonyl (C=O) groups excluding carboxylic acids is 2. The molecule has 0 aliphatic carbocycles. The van der Waals surface area contributed by atoms with Crippen molar-refractivity contribution in [2.24, 2.45) is 17.9 Å². The third-order valence-corrected chi connectivity index (χ3v) is 4.51. The van der Waals surface area contributed by atoms with Crippen LogP contribution >= 0.6 is 11.3 Å². The smallest absolute Gasteiger partial charge is 0.271 e. The summed E-state index contributed by atoms with van der Waals surface area (Å²) in [4.78, 5) is 23.8. The third kappa shape index (κ3) is 3.00. The minimum atomic E-state index is -0.529. The molecule has 116 valence electrons. The Balaban J connectivity index is 1.84. The van der Waals surface area contributed by atoms with E-state index in [0.717, 1.165) is 10.2 Å². The predicted molar refractivity (Wildman–Crippen MR) is 88.8 cm³/mol. The number of nitrogens with two attached hydrogens (primary N) is 1. The molecule has 0 saturated carbocycles. The lowest BCUT2D eigenvalue weighted by Crippen LogP contribution is -2.23. The van der Waals surface area contributed by atoms with E-state index < -0.39 is 5.91 Å². The highest BCUT2D eigenvalue weighted by atomic mass is 32.1. The molecule has 2 aromatic carbocycles. The van der Waals surface area contributed by atoms with Gasteiger partial charge in [0, 0.05) is 18.2 Å². The number of amides is 2. The van der Waals surface area contributed by atoms with Crippen LogP contribution < -0.4 is 16.0 Å². The lowest BCUT2D eigenvalue weighted by Gasteiger charge is -2.01. The molecule has 0 aliphatic heterocycles. The number of aryl methyl sites for hydroxylation is 1. The maximum absolute atomic E-state index is 12.1. The number of hydrogen-bond donors (Lipinski definition) is 2. The standard InChI is InChI=1S/C16H14N4O2S/c1-20-12-4-2-3-5-13(12)23-16(20)19-18-15(22)11-8-6-10(7-9-11)14(17)21/h2-9H,1H3,(H2,17,21)(H,18,22)/b19-16+. The van der Waals surface area contributed by atoms with E-state index >= 15 is 0 Å². The zero-order valence-electron chi connectivity index (χ0n) is 12.3. The van der Waals surface area contributed by atoms with Crippen LogP contribution in [-0.2, 0) is 7.05 Å². The van der Waals surface area contributed by atoms with Gasteiger partial charge in [-0.3, -0.25) is 9.59 Å². The SMILES string of the molecule is Cn1/c(=N\NC(=O)c2ccc(C(N)=O)cc2)sc2ccccc21. The average molecular weight is 326 g/mol. The van der Waals surface area contributed by atoms with Gasteiger partial charge in [-0.05, 0) is 36.4 Å². The molecule has 0 aliphatic rings. The monoisotopic (exact) mass is 326 g/mol. The predicted octanol–water partition coefficient (Wildman–Crippen LogP) is 1.58. The molecule has 0 radical (unpaired) electrons. The molecule has 0 saturated heterocycles. The Morgan fingerprint density at radius 3 is 2.39 bits per heavy atom. The third-order valence-electron chi connectivity index (χ3n) is 3.40. The number of rotatable bonds is 3. The molecule has 0 atom stereocenters. The molecule has 0 unspecified atom stereocenters. The van der Waals surface area contributed by atoms with Crippen molar-refractivity contribution in [3.05, 3.63) is 64.5 Å². The van der Waals surface area contributed by atoms with Crippen LogP contribution in [0.2, 0.25) is 0 Å². The molecule has 7 heteroatoms. The van der Waals surface area contributed by atoms with Gasteiger partial charge in [-0.15, -0.1) is 5.10 Å². The summed E-state index contributed by atoms with van der Waals surface area (Å²) < 4.78 is 3.00. The van der Waals surface area contributed by atoms with Crippen molar-refractivity contribution in [1.82, 2.24) is 9.99 Å². The number of para-hydroxylation sites is 1. The van der Waals surface area contributed by atoms with Gasteiger partial charge >= 0.3 is 0 Å². The van der Waals surface area contributed by atoms with Gasteiger partial charge in [-0.1, -0.05) is 23.5 Å². The lowest BCUT2D eigenvalue weighted by molar-refractivity contribution is 0.0950. The molecule has 3 N–H and O–H groups in total. The van der Waals surface area contributed by atoms with Gasteiger partial charge in [0.05, 0.1) is 10.2 Å². The summed E-state index contributed by atoms with van der Waals surface area (Å²) in [7, 11) is 1.89. The zero-order valence-corrected chi connectivity index (χ0v) is 13.1. The largest absolute Gasteiger partial charge is 0.366 e. The number of nitrogens with one attached hydrogen (secondary N) is 1. The van der Waals surface area contributed by atoms with E-state index in [1.165, 1.54) is 35.6 Å². The van der Waals surface area contributed by atoms with Crippen LogP contribution in [0.1, 0.15) is 20.7 Å². The fourth-order valence-electron chi connectivity index (χ4n) is 2.14. The van der Waals surface area contributed by atoms with Crippen molar-refractivity contribution in [3.8, 4) is 0 Å². The lowest BCUT2D eigenvalue weighted by atomic mass is 10.1. The molecular weight excluding hydrogens is 312 g/mol. The number of benzene rings is 2. The van der Waals surface area contributed by atoms with Crippen LogP contribution in [0.25, 0.3) is 10.2 Å². The minimum Gasteiger partial charge on any atom is -0.366 e. The van der Waals surface area contributed by atoms with Crippen LogP contribution in [0, 0.1) is 0 Å². The van der Waals surface area contributed by atoms with Crippen LogP contribution in [0.5, 0.6) is 0 Å². The first-order valence-corrected chi connectivity index (χ1v) is 7.66. The fourth-order valence-corrected chi connectivity index (χ4v) is 3.12. The summed E-state index contributed by atoms with van der Waals surface area (Å²) in [5.74, 6) is -0.877. The molecule has 3 aromatic rings. The second kappa shape index (κ2) is 6.05. The van der Waals surface area contributed by atoms with E-state index in [4.69, 9.17) is 5.73 Å². The van der Waals surface area contributed by atoms with Crippen LogP contribution in [0.4, 0.5) is 0 Å². The number of primary amides is 1. The molecule has 1 aromatic heterocycles. The highest BCUT2D eigenvalue weighted by Gasteiger charge is 2.07. The van der Waals surface area contributed by atoms with Crippen molar-refractivity contribution in [2.45, 2.75) is 0 Å². The Labute approximate surface area is 135 Å². The van der Waals surface area contributed by atoms with E-state index in [-0.39, 0.29) is 5.91 Å². The molecular formula is C16H14N4O2S. The number of carbonyl (C=O) groups is 2. The minimum absolute atomic E-state index is 0.349. The maximum atomic E-state index is 12.1. The van der Waals surface area contributed by atoms with Crippen molar-refractivity contribution >= 4 is 33.4 Å². The first-order valence-electron chi connectivity index (χ1n) is 6.85. The molecule has 0 spiro atoms. The van der Waals surface area contributed by atoms with Crippen LogP contribution in [0.15, 0.2) is 53.6 Å². The molecule has 0 bridgehead atoms. The van der Waals surface area contributed by atoms with Crippen molar-refractivity contribution in [3.63, 3.8) is 0 Å². The summed E-state index contributed by atoms with van der Waals surface area (Å²) in [6.45, 7) is 0. The molecule has 23 heavy (non-hydrogen) atoms. The van der Waals surface area contributed by atoms with Gasteiger partial charge in [0.2, 0.25) is 10.7 Å². The summed E-state index contributed by atoms with van der Waals surface area (Å²) >= 11 is 1.49. The Hall–Kier alpha value is -2.93.